The van der Waals surface area contributed by atoms with Crippen LogP contribution >= 0.6 is 11.8 Å². The molecule has 1 saturated heterocycles. The summed E-state index contributed by atoms with van der Waals surface area (Å²) in [4.78, 5) is 10.7. The van der Waals surface area contributed by atoms with Crippen LogP contribution in [0.5, 0.6) is 0 Å². The molecule has 1 rings (SSSR count). The van der Waals surface area contributed by atoms with E-state index >= 15 is 0 Å². The van der Waals surface area contributed by atoms with Crippen LogP contribution in [-0.4, -0.2) is 56.4 Å². The number of hydrogen-bond donors (Lipinski definition) is 3. The second-order valence-corrected chi connectivity index (χ2v) is 5.58. The Kier molecular flexibility index (Phi) is 7.58. The van der Waals surface area contributed by atoms with Crippen LogP contribution in [0.15, 0.2) is 0 Å². The fraction of sp³-hybridized carbons (Fsp3) is 0.889. The van der Waals surface area contributed by atoms with Gasteiger partial charge in [-0.25, -0.2) is 0 Å². The van der Waals surface area contributed by atoms with Crippen molar-refractivity contribution >= 4 is 17.7 Å². The zero-order valence-electron chi connectivity index (χ0n) is 9.94. The van der Waals surface area contributed by atoms with E-state index in [0.717, 1.165) is 0 Å². The summed E-state index contributed by atoms with van der Waals surface area (Å²) in [7, 11) is 0. The second kappa shape index (κ2) is 7.30. The summed E-state index contributed by atoms with van der Waals surface area (Å²) in [6.45, 7) is 3.68. The molecule has 0 bridgehead atoms. The Morgan fingerprint density at radius 1 is 1.24 bits per heavy atom. The van der Waals surface area contributed by atoms with Crippen LogP contribution in [-0.2, 0) is 9.53 Å². The molecule has 17 heavy (non-hydrogen) atoms. The van der Waals surface area contributed by atoms with Crippen molar-refractivity contribution in [3.8, 4) is 0 Å². The third-order valence-electron chi connectivity index (χ3n) is 2.21. The first-order chi connectivity index (χ1) is 7.34. The van der Waals surface area contributed by atoms with Gasteiger partial charge in [-0.3, -0.25) is 0 Å². The van der Waals surface area contributed by atoms with E-state index in [1.165, 1.54) is 11.8 Å². The minimum Gasteiger partial charge on any atom is -0.547 e. The topological polar surface area (TPSA) is 110 Å². The Hall–Kier alpha value is 0.660. The number of carboxylic acid groups (broad SMARTS) is 1. The van der Waals surface area contributed by atoms with E-state index in [-0.39, 0.29) is 34.8 Å². The molecule has 1 heterocycles. The maximum Gasteiger partial charge on any atom is 1.00 e. The molecule has 0 aromatic heterocycles. The van der Waals surface area contributed by atoms with Crippen molar-refractivity contribution in [1.82, 2.24) is 0 Å². The van der Waals surface area contributed by atoms with Crippen LogP contribution < -0.4 is 34.7 Å². The van der Waals surface area contributed by atoms with Crippen molar-refractivity contribution in [3.63, 3.8) is 0 Å². The second-order valence-electron chi connectivity index (χ2n) is 3.90. The molecular weight excluding hydrogens is 259 g/mol. The predicted molar refractivity (Wildman–Crippen MR) is 54.4 cm³/mol. The van der Waals surface area contributed by atoms with Crippen molar-refractivity contribution in [2.24, 2.45) is 0 Å². The Balaban J connectivity index is 0.00000256. The molecule has 0 spiro atoms. The van der Waals surface area contributed by atoms with Gasteiger partial charge in [0.05, 0.1) is 5.97 Å². The van der Waals surface area contributed by atoms with Gasteiger partial charge in [-0.15, -0.1) is 11.8 Å². The molecule has 0 amide bonds. The Bertz CT molecular complexity index is 264. The van der Waals surface area contributed by atoms with E-state index in [9.17, 15) is 25.2 Å². The Labute approximate surface area is 126 Å². The molecule has 0 unspecified atom stereocenters. The third kappa shape index (κ3) is 4.36. The zero-order chi connectivity index (χ0) is 12.5. The first-order valence-electron chi connectivity index (χ1n) is 4.90. The van der Waals surface area contributed by atoms with Crippen LogP contribution in [0.2, 0.25) is 0 Å². The molecule has 1 fully saturated rings. The van der Waals surface area contributed by atoms with E-state index in [1.807, 2.05) is 13.8 Å². The van der Waals surface area contributed by atoms with Gasteiger partial charge >= 0.3 is 29.6 Å². The van der Waals surface area contributed by atoms with Gasteiger partial charge in [-0.05, 0) is 0 Å². The normalized spacial score (nSPS) is 37.6. The van der Waals surface area contributed by atoms with Crippen molar-refractivity contribution in [1.29, 1.82) is 0 Å². The summed E-state index contributed by atoms with van der Waals surface area (Å²) in [6, 6.07) is 0. The average Bonchev–Trinajstić information content (AvgIpc) is 2.18. The van der Waals surface area contributed by atoms with Crippen LogP contribution in [0.25, 0.3) is 0 Å². The molecule has 0 saturated carbocycles. The van der Waals surface area contributed by atoms with Crippen molar-refractivity contribution in [2.75, 3.05) is 0 Å². The molecule has 0 radical (unpaired) electrons. The fourth-order valence-electron chi connectivity index (χ4n) is 1.42. The molecule has 0 aromatic rings. The summed E-state index contributed by atoms with van der Waals surface area (Å²) in [6.07, 6.45) is -6.16. The fourth-order valence-corrected chi connectivity index (χ4v) is 2.47. The standard InChI is InChI=1S/C9H16O6S.Na/c1-3(2)16-9-6(12)4(10)5(11)7(15-9)8(13)14;/h3-7,9-12H,1-2H3,(H,13,14);/q;+1/p-1/t4-,5-,6+,7-,9-;/m0./s1. The van der Waals surface area contributed by atoms with Crippen molar-refractivity contribution < 1.29 is 59.5 Å². The third-order valence-corrected chi connectivity index (χ3v) is 3.41. The number of ether oxygens (including phenoxy) is 1. The number of hydrogen-bond acceptors (Lipinski definition) is 7. The van der Waals surface area contributed by atoms with Gasteiger partial charge in [-0.2, -0.15) is 0 Å². The summed E-state index contributed by atoms with van der Waals surface area (Å²) < 4.78 is 4.99. The minimum atomic E-state index is -1.68. The van der Waals surface area contributed by atoms with Gasteiger partial charge in [0, 0.05) is 5.25 Å². The van der Waals surface area contributed by atoms with Gasteiger partial charge in [0.2, 0.25) is 0 Å². The average molecular weight is 274 g/mol. The van der Waals surface area contributed by atoms with E-state index in [4.69, 9.17) is 4.74 Å². The van der Waals surface area contributed by atoms with Crippen LogP contribution in [0, 0.1) is 0 Å². The van der Waals surface area contributed by atoms with E-state index in [2.05, 4.69) is 0 Å². The maximum absolute atomic E-state index is 10.7. The van der Waals surface area contributed by atoms with Crippen molar-refractivity contribution in [2.45, 2.75) is 48.9 Å². The number of thioether (sulfide) groups is 1. The predicted octanol–water partition coefficient (Wildman–Crippen LogP) is -5.31. The maximum atomic E-state index is 10.7. The number of aliphatic hydroxyl groups is 3. The number of aliphatic hydroxyl groups excluding tert-OH is 3. The van der Waals surface area contributed by atoms with E-state index in [0.29, 0.717) is 0 Å². The zero-order valence-corrected chi connectivity index (χ0v) is 12.8. The summed E-state index contributed by atoms with van der Waals surface area (Å²) in [5.74, 6) is -1.60. The number of rotatable bonds is 3. The van der Waals surface area contributed by atoms with Crippen LogP contribution in [0.3, 0.4) is 0 Å². The smallest absolute Gasteiger partial charge is 0.547 e. The van der Waals surface area contributed by atoms with Gasteiger partial charge in [0.15, 0.2) is 0 Å². The molecule has 1 aliphatic heterocycles. The van der Waals surface area contributed by atoms with Gasteiger partial charge in [-0.1, -0.05) is 13.8 Å². The number of aliphatic carboxylic acids is 1. The first kappa shape index (κ1) is 17.7. The number of carbonyl (C=O) groups is 1. The molecule has 6 nitrogen and oxygen atoms in total. The first-order valence-corrected chi connectivity index (χ1v) is 5.85. The van der Waals surface area contributed by atoms with Gasteiger partial charge < -0.3 is 30.0 Å². The number of carboxylic acids is 1. The molecular formula is C9H15NaO6S. The molecule has 8 heteroatoms. The quantitative estimate of drug-likeness (QED) is 0.441. The summed E-state index contributed by atoms with van der Waals surface area (Å²) in [5.41, 5.74) is -0.888. The molecule has 0 aromatic carbocycles. The Morgan fingerprint density at radius 2 is 1.76 bits per heavy atom. The van der Waals surface area contributed by atoms with Crippen molar-refractivity contribution in [3.05, 3.63) is 0 Å². The van der Waals surface area contributed by atoms with E-state index < -0.39 is 35.8 Å². The summed E-state index contributed by atoms with van der Waals surface area (Å²) >= 11 is 1.18. The summed E-state index contributed by atoms with van der Waals surface area (Å²) in [5, 5.41) is 39.2. The van der Waals surface area contributed by atoms with Crippen LogP contribution in [0.4, 0.5) is 0 Å². The SMILES string of the molecule is CC(C)S[C@@H]1O[C@H](C(=O)[O-])[C@@H](O)[C@H](O)[C@H]1O.[Na+]. The molecule has 94 valence electrons. The van der Waals surface area contributed by atoms with Gasteiger partial charge in [0.25, 0.3) is 0 Å². The van der Waals surface area contributed by atoms with Crippen LogP contribution in [0.1, 0.15) is 13.8 Å². The largest absolute Gasteiger partial charge is 1.00 e. The van der Waals surface area contributed by atoms with Gasteiger partial charge in [0.1, 0.15) is 29.9 Å². The monoisotopic (exact) mass is 274 g/mol. The van der Waals surface area contributed by atoms with E-state index in [1.54, 1.807) is 0 Å². The molecule has 5 atom stereocenters. The Morgan fingerprint density at radius 3 is 2.18 bits per heavy atom. The molecule has 0 aliphatic carbocycles. The molecule has 1 aliphatic rings. The number of carbonyl (C=O) groups excluding carboxylic acids is 1. The molecule has 3 N–H and O–H groups in total. The minimum absolute atomic E-state index is 0.